The van der Waals surface area contributed by atoms with E-state index in [0.717, 1.165) is 16.7 Å². The number of hydrogen-bond acceptors (Lipinski definition) is 1. The number of benzene rings is 1. The first-order chi connectivity index (χ1) is 6.61. The zero-order valence-corrected chi connectivity index (χ0v) is 8.63. The minimum atomic E-state index is 0.184. The summed E-state index contributed by atoms with van der Waals surface area (Å²) in [6.45, 7) is 7.15. The number of aryl methyl sites for hydroxylation is 1. The number of Topliss-reactive ketones (excluding diaryl/α,β-unsaturated/α-hetero) is 1. The average Bonchev–Trinajstić information content (AvgIpc) is 2.01. The van der Waals surface area contributed by atoms with Crippen molar-refractivity contribution in [2.45, 2.75) is 20.3 Å². The lowest BCUT2D eigenvalue weighted by Crippen LogP contribution is -1.97. The Morgan fingerprint density at radius 3 is 2.79 bits per heavy atom. The molecule has 0 fully saturated rings. The van der Waals surface area contributed by atoms with Gasteiger partial charge in [-0.05, 0) is 31.1 Å². The van der Waals surface area contributed by atoms with Gasteiger partial charge in [-0.2, -0.15) is 0 Å². The molecule has 72 valence electrons. The van der Waals surface area contributed by atoms with Crippen LogP contribution >= 0.6 is 0 Å². The van der Waals surface area contributed by atoms with Crippen LogP contribution in [0.3, 0.4) is 0 Å². The molecular formula is C13H14O. The number of carbonyl (C=O) groups is 1. The summed E-state index contributed by atoms with van der Waals surface area (Å²) in [6.07, 6.45) is 2.32. The van der Waals surface area contributed by atoms with Gasteiger partial charge in [-0.1, -0.05) is 30.3 Å². The molecule has 0 spiro atoms. The maximum absolute atomic E-state index is 11.0. The standard InChI is InChI=1S/C13H14O/c1-4-5-12-6-10(2)7-13(9-12)8-11(3)14/h5-7,9H,1,8H2,2-3H3. The van der Waals surface area contributed by atoms with Crippen LogP contribution in [0.2, 0.25) is 0 Å². The highest BCUT2D eigenvalue weighted by Crippen LogP contribution is 2.11. The molecule has 0 unspecified atom stereocenters. The minimum Gasteiger partial charge on any atom is -0.300 e. The first-order valence-electron chi connectivity index (χ1n) is 4.57. The topological polar surface area (TPSA) is 17.1 Å². The zero-order chi connectivity index (χ0) is 10.6. The smallest absolute Gasteiger partial charge is 0.134 e. The molecule has 0 saturated heterocycles. The molecule has 0 N–H and O–H groups in total. The molecule has 1 rings (SSSR count). The summed E-state index contributed by atoms with van der Waals surface area (Å²) in [5.74, 6) is 0.184. The number of rotatable bonds is 3. The molecule has 0 aromatic heterocycles. The van der Waals surface area contributed by atoms with Gasteiger partial charge in [0.2, 0.25) is 0 Å². The number of ketones is 1. The third kappa shape index (κ3) is 3.04. The first-order valence-corrected chi connectivity index (χ1v) is 4.57. The summed E-state index contributed by atoms with van der Waals surface area (Å²) in [7, 11) is 0. The van der Waals surface area contributed by atoms with Crippen molar-refractivity contribution in [3.63, 3.8) is 0 Å². The zero-order valence-electron chi connectivity index (χ0n) is 8.63. The number of hydrogen-bond donors (Lipinski definition) is 0. The highest BCUT2D eigenvalue weighted by Gasteiger charge is 1.99. The highest BCUT2D eigenvalue weighted by molar-refractivity contribution is 5.78. The van der Waals surface area contributed by atoms with Gasteiger partial charge in [0.15, 0.2) is 0 Å². The quantitative estimate of drug-likeness (QED) is 0.663. The van der Waals surface area contributed by atoms with Crippen LogP contribution in [0, 0.1) is 6.92 Å². The molecule has 0 atom stereocenters. The fourth-order valence-electron chi connectivity index (χ4n) is 1.49. The molecule has 0 aliphatic rings. The summed E-state index contributed by atoms with van der Waals surface area (Å²) in [5, 5.41) is 0. The van der Waals surface area contributed by atoms with E-state index in [1.54, 1.807) is 6.92 Å². The molecule has 0 heterocycles. The second-order valence-electron chi connectivity index (χ2n) is 3.48. The van der Waals surface area contributed by atoms with Crippen molar-refractivity contribution < 1.29 is 4.79 Å². The van der Waals surface area contributed by atoms with E-state index in [2.05, 4.69) is 12.3 Å². The lowest BCUT2D eigenvalue weighted by atomic mass is 10.0. The molecule has 0 amide bonds. The molecule has 1 aromatic carbocycles. The van der Waals surface area contributed by atoms with E-state index in [4.69, 9.17) is 0 Å². The van der Waals surface area contributed by atoms with Crippen LogP contribution in [0.15, 0.2) is 30.5 Å². The summed E-state index contributed by atoms with van der Waals surface area (Å²) in [4.78, 5) is 11.0. The van der Waals surface area contributed by atoms with Crippen molar-refractivity contribution in [1.29, 1.82) is 0 Å². The average molecular weight is 186 g/mol. The van der Waals surface area contributed by atoms with Crippen molar-refractivity contribution in [2.75, 3.05) is 0 Å². The molecule has 1 aromatic rings. The molecule has 1 nitrogen and oxygen atoms in total. The lowest BCUT2D eigenvalue weighted by Gasteiger charge is -2.02. The predicted octanol–water partition coefficient (Wildman–Crippen LogP) is 2.92. The van der Waals surface area contributed by atoms with Crippen molar-refractivity contribution in [3.8, 4) is 0 Å². The third-order valence-corrected chi connectivity index (χ3v) is 1.88. The molecule has 1 heteroatoms. The maximum atomic E-state index is 11.0. The Morgan fingerprint density at radius 2 is 2.21 bits per heavy atom. The van der Waals surface area contributed by atoms with E-state index in [-0.39, 0.29) is 5.78 Å². The fourth-order valence-corrected chi connectivity index (χ4v) is 1.49. The van der Waals surface area contributed by atoms with Crippen LogP contribution in [-0.4, -0.2) is 5.78 Å². The van der Waals surface area contributed by atoms with Gasteiger partial charge in [0.1, 0.15) is 5.78 Å². The molecule has 0 saturated carbocycles. The van der Waals surface area contributed by atoms with Crippen molar-refractivity contribution in [2.24, 2.45) is 0 Å². The Labute approximate surface area is 84.8 Å². The molecule has 0 bridgehead atoms. The molecular weight excluding hydrogens is 172 g/mol. The highest BCUT2D eigenvalue weighted by atomic mass is 16.1. The molecule has 0 aliphatic heterocycles. The summed E-state index contributed by atoms with van der Waals surface area (Å²) in [5.41, 5.74) is 6.00. The van der Waals surface area contributed by atoms with Crippen LogP contribution in [0.25, 0.3) is 6.08 Å². The van der Waals surface area contributed by atoms with Crippen LogP contribution in [0.5, 0.6) is 0 Å². The van der Waals surface area contributed by atoms with Crippen molar-refractivity contribution >= 4 is 11.9 Å². The first kappa shape index (κ1) is 10.5. The second kappa shape index (κ2) is 4.59. The largest absolute Gasteiger partial charge is 0.300 e. The van der Waals surface area contributed by atoms with Gasteiger partial charge >= 0.3 is 0 Å². The normalized spacial score (nSPS) is 9.29. The van der Waals surface area contributed by atoms with Gasteiger partial charge in [0, 0.05) is 6.42 Å². The van der Waals surface area contributed by atoms with Crippen molar-refractivity contribution in [1.82, 2.24) is 0 Å². The van der Waals surface area contributed by atoms with Crippen molar-refractivity contribution in [3.05, 3.63) is 47.2 Å². The summed E-state index contributed by atoms with van der Waals surface area (Å²) < 4.78 is 0. The van der Waals surface area contributed by atoms with E-state index in [1.165, 1.54) is 0 Å². The third-order valence-electron chi connectivity index (χ3n) is 1.88. The minimum absolute atomic E-state index is 0.184. The van der Waals surface area contributed by atoms with Gasteiger partial charge in [-0.3, -0.25) is 4.79 Å². The summed E-state index contributed by atoms with van der Waals surface area (Å²) in [6, 6.07) is 6.07. The Hall–Kier alpha value is -1.59. The van der Waals surface area contributed by atoms with E-state index in [9.17, 15) is 4.79 Å². The van der Waals surface area contributed by atoms with Crippen LogP contribution in [0.4, 0.5) is 0 Å². The Bertz CT molecular complexity index is 396. The van der Waals surface area contributed by atoms with Crippen LogP contribution in [0.1, 0.15) is 23.6 Å². The maximum Gasteiger partial charge on any atom is 0.134 e. The van der Waals surface area contributed by atoms with E-state index in [1.807, 2.05) is 31.2 Å². The van der Waals surface area contributed by atoms with Crippen LogP contribution in [-0.2, 0) is 11.2 Å². The Balaban J connectivity index is 3.06. The van der Waals surface area contributed by atoms with Crippen LogP contribution < -0.4 is 0 Å². The van der Waals surface area contributed by atoms with Gasteiger partial charge in [-0.15, -0.1) is 5.73 Å². The Kier molecular flexibility index (Phi) is 3.44. The monoisotopic (exact) mass is 186 g/mol. The molecule has 0 radical (unpaired) electrons. The van der Waals surface area contributed by atoms with E-state index >= 15 is 0 Å². The SMILES string of the molecule is C=C=Cc1cc(C)cc(CC(C)=O)c1. The van der Waals surface area contributed by atoms with Gasteiger partial charge in [0.25, 0.3) is 0 Å². The van der Waals surface area contributed by atoms with Gasteiger partial charge in [0.05, 0.1) is 0 Å². The van der Waals surface area contributed by atoms with Gasteiger partial charge in [-0.25, -0.2) is 0 Å². The number of carbonyl (C=O) groups excluding carboxylic acids is 1. The lowest BCUT2D eigenvalue weighted by molar-refractivity contribution is -0.116. The molecule has 14 heavy (non-hydrogen) atoms. The van der Waals surface area contributed by atoms with E-state index < -0.39 is 0 Å². The Morgan fingerprint density at radius 1 is 1.50 bits per heavy atom. The van der Waals surface area contributed by atoms with Gasteiger partial charge < -0.3 is 0 Å². The fraction of sp³-hybridized carbons (Fsp3) is 0.231. The predicted molar refractivity (Wildman–Crippen MR) is 59.2 cm³/mol. The molecule has 0 aliphatic carbocycles. The van der Waals surface area contributed by atoms with E-state index in [0.29, 0.717) is 6.42 Å². The second-order valence-corrected chi connectivity index (χ2v) is 3.48. The summed E-state index contributed by atoms with van der Waals surface area (Å²) >= 11 is 0.